The number of methoxy groups -OCH3 is 1. The van der Waals surface area contributed by atoms with Crippen LogP contribution in [0.2, 0.25) is 15.1 Å². The number of nitrogens with zero attached hydrogens (tertiary/aromatic N) is 2. The Bertz CT molecular complexity index is 1550. The van der Waals surface area contributed by atoms with Crippen LogP contribution in [-0.4, -0.2) is 50.9 Å². The second kappa shape index (κ2) is 14.7. The van der Waals surface area contributed by atoms with Gasteiger partial charge in [0, 0.05) is 27.7 Å². The topological polar surface area (TPSA) is 96.0 Å². The van der Waals surface area contributed by atoms with Gasteiger partial charge in [0.2, 0.25) is 11.8 Å². The van der Waals surface area contributed by atoms with Crippen LogP contribution in [0.3, 0.4) is 0 Å². The second-order valence-corrected chi connectivity index (χ2v) is 13.5. The van der Waals surface area contributed by atoms with E-state index in [9.17, 15) is 18.0 Å². The van der Waals surface area contributed by atoms with Gasteiger partial charge in [0.25, 0.3) is 10.0 Å². The van der Waals surface area contributed by atoms with Crippen LogP contribution in [0.1, 0.15) is 44.6 Å². The molecule has 8 nitrogen and oxygen atoms in total. The fourth-order valence-electron chi connectivity index (χ4n) is 5.16. The number of sulfonamides is 1. The molecule has 3 aromatic rings. The average molecular weight is 667 g/mol. The van der Waals surface area contributed by atoms with Crippen molar-refractivity contribution in [1.29, 1.82) is 0 Å². The van der Waals surface area contributed by atoms with Crippen molar-refractivity contribution in [3.8, 4) is 5.75 Å². The zero-order valence-electron chi connectivity index (χ0n) is 23.9. The molecule has 0 spiro atoms. The number of carbonyl (C=O) groups is 2. The lowest BCUT2D eigenvalue weighted by atomic mass is 10.1. The van der Waals surface area contributed by atoms with Crippen LogP contribution in [0.5, 0.6) is 5.75 Å². The second-order valence-electron chi connectivity index (χ2n) is 10.3. The highest BCUT2D eigenvalue weighted by atomic mass is 35.5. The largest absolute Gasteiger partial charge is 0.497 e. The quantitative estimate of drug-likeness (QED) is 0.232. The summed E-state index contributed by atoms with van der Waals surface area (Å²) in [6, 6.07) is 16.2. The predicted molar refractivity (Wildman–Crippen MR) is 170 cm³/mol. The van der Waals surface area contributed by atoms with Gasteiger partial charge >= 0.3 is 0 Å². The molecule has 1 aliphatic rings. The van der Waals surface area contributed by atoms with Crippen LogP contribution in [0, 0.1) is 0 Å². The number of benzene rings is 3. The molecule has 43 heavy (non-hydrogen) atoms. The summed E-state index contributed by atoms with van der Waals surface area (Å²) < 4.78 is 34.2. The zero-order valence-corrected chi connectivity index (χ0v) is 27.0. The van der Waals surface area contributed by atoms with Crippen LogP contribution in [0.15, 0.2) is 71.6 Å². The standard InChI is InChI=1S/C31H34Cl3N3O5S/c1-3-29(31(39)35-24-8-4-5-9-24)36(19-21-11-12-23(33)18-28(21)34)30(38)20-37(25-10-6-7-22(32)17-25)43(40,41)27-15-13-26(42-2)14-16-27/h6-7,10-18,24,29H,3-5,8-9,19-20H2,1-2H3,(H,35,39). The first kappa shape index (κ1) is 32.9. The summed E-state index contributed by atoms with van der Waals surface area (Å²) in [5.41, 5.74) is 0.767. The van der Waals surface area contributed by atoms with E-state index < -0.39 is 28.5 Å². The molecule has 0 heterocycles. The Balaban J connectivity index is 1.73. The first-order valence-corrected chi connectivity index (χ1v) is 16.6. The number of ether oxygens (including phenoxy) is 1. The molecule has 0 aromatic heterocycles. The molecular weight excluding hydrogens is 633 g/mol. The fraction of sp³-hybridized carbons (Fsp3) is 0.355. The lowest BCUT2D eigenvalue weighted by Crippen LogP contribution is -2.53. The first-order chi connectivity index (χ1) is 20.5. The number of anilines is 1. The van der Waals surface area contributed by atoms with Gasteiger partial charge in [-0.2, -0.15) is 0 Å². The van der Waals surface area contributed by atoms with Crippen molar-refractivity contribution in [3.05, 3.63) is 87.4 Å². The Morgan fingerprint density at radius 2 is 1.65 bits per heavy atom. The van der Waals surface area contributed by atoms with Gasteiger partial charge in [0.15, 0.2) is 0 Å². The third kappa shape index (κ3) is 8.15. The Morgan fingerprint density at radius 3 is 2.26 bits per heavy atom. The summed E-state index contributed by atoms with van der Waals surface area (Å²) in [7, 11) is -2.77. The molecule has 0 saturated heterocycles. The number of hydrogen-bond donors (Lipinski definition) is 1. The highest BCUT2D eigenvalue weighted by molar-refractivity contribution is 7.92. The van der Waals surface area contributed by atoms with Crippen LogP contribution < -0.4 is 14.4 Å². The molecule has 1 saturated carbocycles. The van der Waals surface area contributed by atoms with Crippen molar-refractivity contribution in [1.82, 2.24) is 10.2 Å². The van der Waals surface area contributed by atoms with Gasteiger partial charge in [0.05, 0.1) is 17.7 Å². The minimum absolute atomic E-state index is 0.0304. The summed E-state index contributed by atoms with van der Waals surface area (Å²) >= 11 is 18.8. The number of halogens is 3. The maximum Gasteiger partial charge on any atom is 0.264 e. The summed E-state index contributed by atoms with van der Waals surface area (Å²) in [6.45, 7) is 1.19. The van der Waals surface area contributed by atoms with Gasteiger partial charge < -0.3 is 15.0 Å². The molecule has 1 atom stereocenters. The van der Waals surface area contributed by atoms with E-state index in [1.807, 2.05) is 6.92 Å². The Kier molecular flexibility index (Phi) is 11.2. The number of nitrogens with one attached hydrogen (secondary N) is 1. The molecule has 4 rings (SSSR count). The maximum atomic E-state index is 14.2. The fourth-order valence-corrected chi connectivity index (χ4v) is 7.21. The van der Waals surface area contributed by atoms with Crippen molar-refractivity contribution in [2.24, 2.45) is 0 Å². The highest BCUT2D eigenvalue weighted by Gasteiger charge is 2.35. The first-order valence-electron chi connectivity index (χ1n) is 14.0. The molecule has 1 N–H and O–H groups in total. The Labute approximate surface area is 267 Å². The molecule has 2 amide bonds. The minimum Gasteiger partial charge on any atom is -0.497 e. The lowest BCUT2D eigenvalue weighted by molar-refractivity contribution is -0.140. The minimum atomic E-state index is -4.25. The van der Waals surface area contributed by atoms with Crippen molar-refractivity contribution in [2.45, 2.75) is 62.6 Å². The summed E-state index contributed by atoms with van der Waals surface area (Å²) in [5.74, 6) is -0.397. The average Bonchev–Trinajstić information content (AvgIpc) is 3.49. The van der Waals surface area contributed by atoms with Crippen LogP contribution >= 0.6 is 34.8 Å². The molecule has 0 radical (unpaired) electrons. The Morgan fingerprint density at radius 1 is 0.977 bits per heavy atom. The number of amides is 2. The van der Waals surface area contributed by atoms with E-state index in [0.717, 1.165) is 30.0 Å². The normalized spacial score (nSPS) is 14.3. The van der Waals surface area contributed by atoms with Crippen LogP contribution in [0.4, 0.5) is 5.69 Å². The van der Waals surface area contributed by atoms with E-state index >= 15 is 0 Å². The summed E-state index contributed by atoms with van der Waals surface area (Å²) in [5, 5.41) is 4.14. The molecule has 0 aliphatic heterocycles. The molecule has 1 aliphatic carbocycles. The van der Waals surface area contributed by atoms with Gasteiger partial charge in [-0.15, -0.1) is 0 Å². The van der Waals surface area contributed by atoms with Gasteiger partial charge in [-0.25, -0.2) is 8.42 Å². The highest BCUT2D eigenvalue weighted by Crippen LogP contribution is 2.29. The van der Waals surface area contributed by atoms with Crippen molar-refractivity contribution in [3.63, 3.8) is 0 Å². The van der Waals surface area contributed by atoms with Gasteiger partial charge in [0.1, 0.15) is 18.3 Å². The molecule has 0 bridgehead atoms. The lowest BCUT2D eigenvalue weighted by Gasteiger charge is -2.34. The van der Waals surface area contributed by atoms with E-state index in [0.29, 0.717) is 32.8 Å². The van der Waals surface area contributed by atoms with Gasteiger partial charge in [-0.05, 0) is 79.4 Å². The molecule has 1 fully saturated rings. The zero-order chi connectivity index (χ0) is 31.1. The third-order valence-corrected chi connectivity index (χ3v) is 10.1. The summed E-state index contributed by atoms with van der Waals surface area (Å²) in [4.78, 5) is 29.1. The number of rotatable bonds is 12. The van der Waals surface area contributed by atoms with Crippen molar-refractivity contribution in [2.75, 3.05) is 18.0 Å². The van der Waals surface area contributed by atoms with Crippen molar-refractivity contribution >= 4 is 62.3 Å². The maximum absolute atomic E-state index is 14.2. The van der Waals surface area contributed by atoms with E-state index in [2.05, 4.69) is 5.32 Å². The van der Waals surface area contributed by atoms with Gasteiger partial charge in [-0.1, -0.05) is 66.7 Å². The van der Waals surface area contributed by atoms with Crippen molar-refractivity contribution < 1.29 is 22.7 Å². The predicted octanol–water partition coefficient (Wildman–Crippen LogP) is 6.72. The van der Waals surface area contributed by atoms with Crippen LogP contribution in [0.25, 0.3) is 0 Å². The monoisotopic (exact) mass is 665 g/mol. The smallest absolute Gasteiger partial charge is 0.264 e. The van der Waals surface area contributed by atoms with Crippen LogP contribution in [-0.2, 0) is 26.2 Å². The molecule has 12 heteroatoms. The third-order valence-electron chi connectivity index (χ3n) is 7.47. The van der Waals surface area contributed by atoms with Gasteiger partial charge in [-0.3, -0.25) is 13.9 Å². The van der Waals surface area contributed by atoms with E-state index in [1.165, 1.54) is 42.3 Å². The summed E-state index contributed by atoms with van der Waals surface area (Å²) in [6.07, 6.45) is 4.12. The number of carbonyl (C=O) groups excluding carboxylic acids is 2. The Hall–Kier alpha value is -2.98. The SMILES string of the molecule is CCC(C(=O)NC1CCCC1)N(Cc1ccc(Cl)cc1Cl)C(=O)CN(c1cccc(Cl)c1)S(=O)(=O)c1ccc(OC)cc1. The van der Waals surface area contributed by atoms with E-state index in [1.54, 1.807) is 36.4 Å². The molecule has 3 aromatic carbocycles. The van der Waals surface area contributed by atoms with E-state index in [4.69, 9.17) is 39.5 Å². The molecule has 1 unspecified atom stereocenters. The molecule has 230 valence electrons. The number of hydrogen-bond acceptors (Lipinski definition) is 5. The molecular formula is C31H34Cl3N3O5S. The van der Waals surface area contributed by atoms with E-state index in [-0.39, 0.29) is 29.1 Å².